The predicted molar refractivity (Wildman–Crippen MR) is 110 cm³/mol. The van der Waals surface area contributed by atoms with Crippen molar-refractivity contribution in [3.63, 3.8) is 0 Å². The lowest BCUT2D eigenvalue weighted by atomic mass is 9.69. The van der Waals surface area contributed by atoms with Crippen molar-refractivity contribution in [3.8, 4) is 0 Å². The first-order chi connectivity index (χ1) is 13.1. The lowest BCUT2D eigenvalue weighted by molar-refractivity contribution is -0.118. The Morgan fingerprint density at radius 3 is 2.32 bits per heavy atom. The third kappa shape index (κ3) is 3.41. The van der Waals surface area contributed by atoms with Gasteiger partial charge in [0.25, 0.3) is 0 Å². The van der Waals surface area contributed by atoms with Gasteiger partial charge in [-0.1, -0.05) is 32.9 Å². The summed E-state index contributed by atoms with van der Waals surface area (Å²) in [5, 5.41) is 3.21. The molecule has 0 spiro atoms. The monoisotopic (exact) mass is 402 g/mol. The van der Waals surface area contributed by atoms with Crippen LogP contribution >= 0.6 is 0 Å². The van der Waals surface area contributed by atoms with Crippen molar-refractivity contribution in [2.45, 2.75) is 69.9 Å². The zero-order valence-electron chi connectivity index (χ0n) is 16.9. The topological polar surface area (TPSA) is 75.3 Å². The van der Waals surface area contributed by atoms with E-state index in [1.54, 1.807) is 36.4 Å². The van der Waals surface area contributed by atoms with Gasteiger partial charge in [0, 0.05) is 18.2 Å². The van der Waals surface area contributed by atoms with E-state index in [9.17, 15) is 13.2 Å². The maximum absolute atomic E-state index is 12.5. The van der Waals surface area contributed by atoms with Crippen LogP contribution < -0.4 is 10.0 Å². The summed E-state index contributed by atoms with van der Waals surface area (Å²) < 4.78 is 27.1. The average molecular weight is 403 g/mol. The van der Waals surface area contributed by atoms with E-state index in [1.807, 2.05) is 0 Å². The van der Waals surface area contributed by atoms with Crippen LogP contribution in [0.5, 0.6) is 0 Å². The van der Waals surface area contributed by atoms with Gasteiger partial charge in [0.15, 0.2) is 0 Å². The van der Waals surface area contributed by atoms with Gasteiger partial charge in [-0.3, -0.25) is 4.79 Å². The molecule has 1 aromatic rings. The summed E-state index contributed by atoms with van der Waals surface area (Å²) in [6.07, 6.45) is 8.60. The molecule has 2 N–H and O–H groups in total. The number of amides is 1. The summed E-state index contributed by atoms with van der Waals surface area (Å²) in [6.45, 7) is 6.98. The van der Waals surface area contributed by atoms with Crippen LogP contribution in [-0.4, -0.2) is 26.4 Å². The number of rotatable bonds is 6. The number of hydrogen-bond donors (Lipinski definition) is 2. The van der Waals surface area contributed by atoms with Crippen LogP contribution in [0.3, 0.4) is 0 Å². The maximum Gasteiger partial charge on any atom is 0.244 e. The molecule has 4 rings (SSSR count). The molecular formula is C22H30N2O3S. The maximum atomic E-state index is 12.5. The van der Waals surface area contributed by atoms with E-state index in [4.69, 9.17) is 0 Å². The van der Waals surface area contributed by atoms with E-state index in [-0.39, 0.29) is 33.7 Å². The van der Waals surface area contributed by atoms with Crippen molar-refractivity contribution in [2.24, 2.45) is 16.7 Å². The molecule has 3 atom stereocenters. The molecule has 1 amide bonds. The molecule has 152 valence electrons. The van der Waals surface area contributed by atoms with E-state index >= 15 is 0 Å². The zero-order valence-corrected chi connectivity index (χ0v) is 17.7. The zero-order chi connectivity index (χ0) is 20.2. The average Bonchev–Trinajstić information content (AvgIpc) is 3.38. The largest absolute Gasteiger partial charge is 0.349 e. The lowest BCUT2D eigenvalue weighted by Crippen LogP contribution is -2.46. The Morgan fingerprint density at radius 1 is 1.11 bits per heavy atom. The van der Waals surface area contributed by atoms with Crippen molar-refractivity contribution in [3.05, 3.63) is 35.9 Å². The Hall–Kier alpha value is -1.66. The molecule has 3 aliphatic carbocycles. The van der Waals surface area contributed by atoms with E-state index in [0.29, 0.717) is 5.92 Å². The molecule has 0 radical (unpaired) electrons. The third-order valence-electron chi connectivity index (χ3n) is 7.63. The first-order valence-corrected chi connectivity index (χ1v) is 11.7. The molecule has 28 heavy (non-hydrogen) atoms. The standard InChI is InChI=1S/C22H30N2O3S/c1-21(2)16-12-13-22(21,3)19(14-16)23-20(25)11-6-15-4-9-18(10-5-15)28(26,27)24-17-7-8-17/h4-6,9-11,16-17,19,24H,7-8,12-14H2,1-3H3,(H,23,25)/b11-6+. The van der Waals surface area contributed by atoms with Gasteiger partial charge in [0.1, 0.15) is 0 Å². The Balaban J connectivity index is 1.37. The summed E-state index contributed by atoms with van der Waals surface area (Å²) >= 11 is 0. The molecule has 3 aliphatic rings. The highest BCUT2D eigenvalue weighted by molar-refractivity contribution is 7.89. The Labute approximate surface area is 168 Å². The molecule has 0 heterocycles. The van der Waals surface area contributed by atoms with Crippen LogP contribution in [-0.2, 0) is 14.8 Å². The Morgan fingerprint density at radius 2 is 1.79 bits per heavy atom. The summed E-state index contributed by atoms with van der Waals surface area (Å²) in [5.41, 5.74) is 1.23. The fourth-order valence-corrected chi connectivity index (χ4v) is 6.37. The number of carbonyl (C=O) groups is 1. The summed E-state index contributed by atoms with van der Waals surface area (Å²) in [4.78, 5) is 12.7. The second-order valence-corrected chi connectivity index (χ2v) is 11.2. The molecule has 0 aromatic heterocycles. The number of sulfonamides is 1. The van der Waals surface area contributed by atoms with E-state index in [1.165, 1.54) is 12.8 Å². The first-order valence-electron chi connectivity index (χ1n) is 10.2. The molecule has 3 saturated carbocycles. The van der Waals surface area contributed by atoms with Crippen LogP contribution in [0.25, 0.3) is 6.08 Å². The Kier molecular flexibility index (Phi) is 4.70. The van der Waals surface area contributed by atoms with Crippen molar-refractivity contribution >= 4 is 22.0 Å². The Bertz CT molecular complexity index is 900. The van der Waals surface area contributed by atoms with Gasteiger partial charge < -0.3 is 5.32 Å². The van der Waals surface area contributed by atoms with Crippen molar-refractivity contribution in [2.75, 3.05) is 0 Å². The van der Waals surface area contributed by atoms with Crippen LogP contribution in [0.4, 0.5) is 0 Å². The summed E-state index contributed by atoms with van der Waals surface area (Å²) in [7, 11) is -3.44. The molecule has 6 heteroatoms. The van der Waals surface area contributed by atoms with E-state index < -0.39 is 10.0 Å². The minimum Gasteiger partial charge on any atom is -0.349 e. The van der Waals surface area contributed by atoms with Crippen LogP contribution in [0.2, 0.25) is 0 Å². The van der Waals surface area contributed by atoms with Crippen molar-refractivity contribution in [1.82, 2.24) is 10.0 Å². The molecule has 3 unspecified atom stereocenters. The highest BCUT2D eigenvalue weighted by atomic mass is 32.2. The number of carbonyl (C=O) groups excluding carboxylic acids is 1. The van der Waals surface area contributed by atoms with E-state index in [0.717, 1.165) is 24.8 Å². The van der Waals surface area contributed by atoms with Crippen LogP contribution in [0, 0.1) is 16.7 Å². The second-order valence-electron chi connectivity index (χ2n) is 9.47. The van der Waals surface area contributed by atoms with Gasteiger partial charge >= 0.3 is 0 Å². The van der Waals surface area contributed by atoms with Gasteiger partial charge in [-0.05, 0) is 72.6 Å². The lowest BCUT2D eigenvalue weighted by Gasteiger charge is -2.39. The minimum atomic E-state index is -3.44. The quantitative estimate of drug-likeness (QED) is 0.716. The van der Waals surface area contributed by atoms with Crippen LogP contribution in [0.1, 0.15) is 58.4 Å². The highest BCUT2D eigenvalue weighted by Crippen LogP contribution is 2.65. The molecule has 0 aliphatic heterocycles. The molecule has 2 bridgehead atoms. The summed E-state index contributed by atoms with van der Waals surface area (Å²) in [5.74, 6) is 0.604. The molecule has 1 aromatic carbocycles. The number of fused-ring (bicyclic) bond motifs is 2. The number of nitrogens with one attached hydrogen (secondary N) is 2. The van der Waals surface area contributed by atoms with Crippen molar-refractivity contribution < 1.29 is 13.2 Å². The molecule has 3 fully saturated rings. The number of benzene rings is 1. The van der Waals surface area contributed by atoms with Crippen molar-refractivity contribution in [1.29, 1.82) is 0 Å². The van der Waals surface area contributed by atoms with Gasteiger partial charge in [-0.25, -0.2) is 13.1 Å². The normalized spacial score (nSPS) is 31.4. The van der Waals surface area contributed by atoms with E-state index in [2.05, 4.69) is 30.8 Å². The smallest absolute Gasteiger partial charge is 0.244 e. The van der Waals surface area contributed by atoms with Crippen LogP contribution in [0.15, 0.2) is 35.2 Å². The van der Waals surface area contributed by atoms with Gasteiger partial charge in [0.05, 0.1) is 4.90 Å². The molecule has 5 nitrogen and oxygen atoms in total. The fraction of sp³-hybridized carbons (Fsp3) is 0.591. The predicted octanol–water partition coefficient (Wildman–Crippen LogP) is 3.47. The highest BCUT2D eigenvalue weighted by Gasteiger charge is 2.61. The summed E-state index contributed by atoms with van der Waals surface area (Å²) in [6, 6.07) is 6.94. The molecular weight excluding hydrogens is 372 g/mol. The van der Waals surface area contributed by atoms with Gasteiger partial charge in [-0.2, -0.15) is 0 Å². The van der Waals surface area contributed by atoms with Gasteiger partial charge in [-0.15, -0.1) is 0 Å². The third-order valence-corrected chi connectivity index (χ3v) is 9.16. The molecule has 0 saturated heterocycles. The first kappa shape index (κ1) is 19.6. The second kappa shape index (κ2) is 6.70. The SMILES string of the molecule is CC1(C)C2CCC1(C)C(NC(=O)/C=C/c1ccc(S(=O)(=O)NC3CC3)cc1)C2. The number of hydrogen-bond acceptors (Lipinski definition) is 3. The fourth-order valence-electron chi connectivity index (χ4n) is 5.06. The minimum absolute atomic E-state index is 0.0818. The van der Waals surface area contributed by atoms with Gasteiger partial charge in [0.2, 0.25) is 15.9 Å².